The summed E-state index contributed by atoms with van der Waals surface area (Å²) in [5.74, 6) is -1.92. The van der Waals surface area contributed by atoms with E-state index in [1.165, 1.54) is 12.1 Å². The van der Waals surface area contributed by atoms with Gasteiger partial charge in [0.25, 0.3) is 11.8 Å². The second kappa shape index (κ2) is 8.92. The zero-order valence-electron chi connectivity index (χ0n) is 16.2. The van der Waals surface area contributed by atoms with Crippen LogP contribution in [0.1, 0.15) is 35.7 Å². The third kappa shape index (κ3) is 4.32. The molecule has 0 radical (unpaired) electrons. The minimum Gasteiger partial charge on any atom is -0.462 e. The number of nitrogens with zero attached hydrogens (tertiary/aromatic N) is 1. The summed E-state index contributed by atoms with van der Waals surface area (Å²) in [7, 11) is 0. The van der Waals surface area contributed by atoms with E-state index in [0.29, 0.717) is 5.69 Å². The van der Waals surface area contributed by atoms with E-state index in [-0.39, 0.29) is 28.6 Å². The minimum absolute atomic E-state index is 0.0327. The van der Waals surface area contributed by atoms with Crippen LogP contribution in [-0.4, -0.2) is 24.4 Å². The van der Waals surface area contributed by atoms with Crippen molar-refractivity contribution in [3.05, 3.63) is 70.4 Å². The van der Waals surface area contributed by atoms with Crippen LogP contribution in [0.25, 0.3) is 0 Å². The Labute approximate surface area is 174 Å². The van der Waals surface area contributed by atoms with E-state index >= 15 is 0 Å². The highest BCUT2D eigenvalue weighted by Crippen LogP contribution is 2.32. The third-order valence-electron chi connectivity index (χ3n) is 4.44. The molecular formula is C22H21ClN2O4. The molecule has 1 aliphatic heterocycles. The lowest BCUT2D eigenvalue weighted by Gasteiger charge is -2.18. The number of esters is 1. The number of carbonyl (C=O) groups excluding carboxylic acids is 3. The Morgan fingerprint density at radius 3 is 2.45 bits per heavy atom. The Morgan fingerprint density at radius 1 is 1.07 bits per heavy atom. The van der Waals surface area contributed by atoms with Crippen molar-refractivity contribution in [3.8, 4) is 0 Å². The molecule has 0 aliphatic carbocycles. The average Bonchev–Trinajstić information content (AvgIpc) is 2.93. The number of ether oxygens (including phenoxy) is 1. The molecule has 1 heterocycles. The fourth-order valence-electron chi connectivity index (χ4n) is 2.84. The lowest BCUT2D eigenvalue weighted by atomic mass is 10.1. The Hall–Kier alpha value is -3.12. The number of imide groups is 1. The Balaban J connectivity index is 1.88. The smallest absolute Gasteiger partial charge is 0.340 e. The first-order valence-electron chi connectivity index (χ1n) is 9.32. The fourth-order valence-corrected chi connectivity index (χ4v) is 3.05. The number of rotatable bonds is 7. The lowest BCUT2D eigenvalue weighted by Crippen LogP contribution is -2.33. The van der Waals surface area contributed by atoms with Crippen molar-refractivity contribution < 1.29 is 19.1 Å². The number of para-hydroxylation sites is 1. The van der Waals surface area contributed by atoms with Crippen LogP contribution in [0.15, 0.2) is 59.3 Å². The summed E-state index contributed by atoms with van der Waals surface area (Å²) in [5.41, 5.74) is 1.92. The molecule has 0 saturated heterocycles. The van der Waals surface area contributed by atoms with Gasteiger partial charge in [0.2, 0.25) is 0 Å². The molecule has 0 spiro atoms. The van der Waals surface area contributed by atoms with Crippen molar-refractivity contribution in [1.82, 2.24) is 0 Å². The molecule has 0 aromatic heterocycles. The number of unbranched alkanes of at least 4 members (excludes halogenated alkanes) is 1. The molecule has 0 bridgehead atoms. The van der Waals surface area contributed by atoms with Crippen LogP contribution in [0.5, 0.6) is 0 Å². The van der Waals surface area contributed by atoms with E-state index in [9.17, 15) is 14.4 Å². The Kier molecular flexibility index (Phi) is 6.34. The molecule has 2 amide bonds. The molecule has 6 nitrogen and oxygen atoms in total. The molecule has 0 unspecified atom stereocenters. The molecule has 2 aromatic carbocycles. The summed E-state index contributed by atoms with van der Waals surface area (Å²) < 4.78 is 5.25. The molecule has 0 saturated carbocycles. The first-order valence-corrected chi connectivity index (χ1v) is 9.70. The number of hydrogen-bond acceptors (Lipinski definition) is 5. The van der Waals surface area contributed by atoms with Crippen LogP contribution in [0.3, 0.4) is 0 Å². The molecule has 3 rings (SSSR count). The maximum Gasteiger partial charge on any atom is 0.340 e. The largest absolute Gasteiger partial charge is 0.462 e. The second-order valence-electron chi connectivity index (χ2n) is 6.63. The molecule has 29 heavy (non-hydrogen) atoms. The molecule has 7 heteroatoms. The van der Waals surface area contributed by atoms with Crippen molar-refractivity contribution in [2.45, 2.75) is 26.7 Å². The molecule has 150 valence electrons. The summed E-state index contributed by atoms with van der Waals surface area (Å²) in [4.78, 5) is 39.1. The van der Waals surface area contributed by atoms with Gasteiger partial charge in [-0.3, -0.25) is 9.59 Å². The van der Waals surface area contributed by atoms with Crippen LogP contribution in [0.4, 0.5) is 11.4 Å². The van der Waals surface area contributed by atoms with E-state index in [4.69, 9.17) is 16.3 Å². The standard InChI is InChI=1S/C22H21ClN2O4/c1-3-4-13-29-22(28)16-7-5-6-8-17(16)25-20(26)18(23)19(21(25)27)24-15-11-9-14(2)10-12-15/h5-12,24H,3-4,13H2,1-2H3. The van der Waals surface area contributed by atoms with Crippen molar-refractivity contribution >= 4 is 40.8 Å². The van der Waals surface area contributed by atoms with Gasteiger partial charge in [-0.1, -0.05) is 54.8 Å². The molecule has 1 aliphatic rings. The number of carbonyl (C=O) groups is 3. The van der Waals surface area contributed by atoms with Crippen LogP contribution >= 0.6 is 11.6 Å². The Morgan fingerprint density at radius 2 is 1.76 bits per heavy atom. The van der Waals surface area contributed by atoms with Crippen molar-refractivity contribution in [1.29, 1.82) is 0 Å². The first-order chi connectivity index (χ1) is 13.9. The van der Waals surface area contributed by atoms with E-state index in [1.807, 2.05) is 26.0 Å². The molecule has 0 fully saturated rings. The van der Waals surface area contributed by atoms with Gasteiger partial charge in [0.15, 0.2) is 0 Å². The summed E-state index contributed by atoms with van der Waals surface area (Å²) in [6.45, 7) is 4.20. The summed E-state index contributed by atoms with van der Waals surface area (Å²) >= 11 is 6.17. The fraction of sp³-hybridized carbons (Fsp3) is 0.227. The number of anilines is 2. The molecule has 0 atom stereocenters. The number of aryl methyl sites for hydroxylation is 1. The third-order valence-corrected chi connectivity index (χ3v) is 4.79. The number of halogens is 1. The summed E-state index contributed by atoms with van der Waals surface area (Å²) in [6, 6.07) is 13.6. The van der Waals surface area contributed by atoms with E-state index in [2.05, 4.69) is 5.32 Å². The normalized spacial score (nSPS) is 13.8. The van der Waals surface area contributed by atoms with Crippen molar-refractivity contribution in [2.75, 3.05) is 16.8 Å². The number of nitrogens with one attached hydrogen (secondary N) is 1. The SMILES string of the molecule is CCCCOC(=O)c1ccccc1N1C(=O)C(Cl)=C(Nc2ccc(C)cc2)C1=O. The lowest BCUT2D eigenvalue weighted by molar-refractivity contribution is -0.120. The maximum absolute atomic E-state index is 13.0. The van der Waals surface area contributed by atoms with Gasteiger partial charge in [0, 0.05) is 5.69 Å². The van der Waals surface area contributed by atoms with Gasteiger partial charge in [-0.15, -0.1) is 0 Å². The van der Waals surface area contributed by atoms with Crippen molar-refractivity contribution in [3.63, 3.8) is 0 Å². The van der Waals surface area contributed by atoms with Crippen LogP contribution < -0.4 is 10.2 Å². The van der Waals surface area contributed by atoms with Crippen LogP contribution in [0, 0.1) is 6.92 Å². The molecule has 1 N–H and O–H groups in total. The van der Waals surface area contributed by atoms with E-state index < -0.39 is 17.8 Å². The maximum atomic E-state index is 13.0. The monoisotopic (exact) mass is 412 g/mol. The number of hydrogen-bond donors (Lipinski definition) is 1. The predicted molar refractivity (Wildman–Crippen MR) is 112 cm³/mol. The van der Waals surface area contributed by atoms with Gasteiger partial charge in [-0.25, -0.2) is 9.69 Å². The Bertz CT molecular complexity index is 983. The van der Waals surface area contributed by atoms with Gasteiger partial charge < -0.3 is 10.1 Å². The van der Waals surface area contributed by atoms with Gasteiger partial charge in [-0.2, -0.15) is 0 Å². The molecular weight excluding hydrogens is 392 g/mol. The van der Waals surface area contributed by atoms with Gasteiger partial charge >= 0.3 is 5.97 Å². The summed E-state index contributed by atoms with van der Waals surface area (Å²) in [6.07, 6.45) is 1.61. The van der Waals surface area contributed by atoms with Crippen molar-refractivity contribution in [2.24, 2.45) is 0 Å². The zero-order valence-corrected chi connectivity index (χ0v) is 17.0. The second-order valence-corrected chi connectivity index (χ2v) is 7.01. The summed E-state index contributed by atoms with van der Waals surface area (Å²) in [5, 5.41) is 2.68. The minimum atomic E-state index is -0.694. The average molecular weight is 413 g/mol. The number of benzene rings is 2. The number of amides is 2. The quantitative estimate of drug-likeness (QED) is 0.414. The van der Waals surface area contributed by atoms with Crippen LogP contribution in [0.2, 0.25) is 0 Å². The first kappa shape index (κ1) is 20.6. The van der Waals surface area contributed by atoms with Gasteiger partial charge in [0.1, 0.15) is 10.7 Å². The topological polar surface area (TPSA) is 75.7 Å². The predicted octanol–water partition coefficient (Wildman–Crippen LogP) is 4.39. The van der Waals surface area contributed by atoms with Crippen LogP contribution in [-0.2, 0) is 14.3 Å². The molecule has 2 aromatic rings. The van der Waals surface area contributed by atoms with Gasteiger partial charge in [-0.05, 0) is 37.6 Å². The highest BCUT2D eigenvalue weighted by atomic mass is 35.5. The van der Waals surface area contributed by atoms with E-state index in [0.717, 1.165) is 23.3 Å². The highest BCUT2D eigenvalue weighted by molar-refractivity contribution is 6.53. The van der Waals surface area contributed by atoms with E-state index in [1.54, 1.807) is 24.3 Å². The van der Waals surface area contributed by atoms with Gasteiger partial charge in [0.05, 0.1) is 17.9 Å². The highest BCUT2D eigenvalue weighted by Gasteiger charge is 2.40. The zero-order chi connectivity index (χ0) is 21.0.